The number of benzene rings is 2. The summed E-state index contributed by atoms with van der Waals surface area (Å²) in [6.07, 6.45) is -7.50. The first-order chi connectivity index (χ1) is 15.1. The molecule has 0 saturated heterocycles. The first kappa shape index (κ1) is 21.8. The number of aryl methyl sites for hydroxylation is 1. The van der Waals surface area contributed by atoms with Crippen molar-refractivity contribution in [2.24, 2.45) is 0 Å². The summed E-state index contributed by atoms with van der Waals surface area (Å²) in [5.74, 6) is -2.11. The van der Waals surface area contributed by atoms with Gasteiger partial charge in [-0.15, -0.1) is 10.2 Å². The highest BCUT2D eigenvalue weighted by molar-refractivity contribution is 5.67. The van der Waals surface area contributed by atoms with Crippen LogP contribution in [-0.4, -0.2) is 33.0 Å². The second-order valence-corrected chi connectivity index (χ2v) is 7.55. The van der Waals surface area contributed by atoms with Gasteiger partial charge in [0.15, 0.2) is 5.82 Å². The topological polar surface area (TPSA) is 86.5 Å². The fourth-order valence-corrected chi connectivity index (χ4v) is 3.99. The molecule has 1 N–H and O–H groups in total. The minimum absolute atomic E-state index is 0.183. The highest BCUT2D eigenvalue weighted by Gasteiger charge is 2.43. The molecule has 0 aliphatic carbocycles. The Hall–Kier alpha value is -3.40. The average molecular weight is 447 g/mol. The number of alkyl halides is 3. The molecule has 0 radical (unpaired) electrons. The van der Waals surface area contributed by atoms with Crippen molar-refractivity contribution < 1.29 is 32.5 Å². The molecule has 0 amide bonds. The fourth-order valence-electron chi connectivity index (χ4n) is 3.99. The predicted octanol–water partition coefficient (Wildman–Crippen LogP) is 4.55. The first-order valence-electron chi connectivity index (χ1n) is 9.76. The molecule has 1 aliphatic heterocycles. The Morgan fingerprint density at radius 1 is 1.19 bits per heavy atom. The minimum atomic E-state index is -4.80. The second kappa shape index (κ2) is 7.94. The van der Waals surface area contributed by atoms with Crippen LogP contribution in [0.4, 0.5) is 13.2 Å². The van der Waals surface area contributed by atoms with Gasteiger partial charge in [-0.05, 0) is 37.1 Å². The van der Waals surface area contributed by atoms with Gasteiger partial charge in [0.25, 0.3) is 0 Å². The number of hydrogen-bond acceptors (Lipinski definition) is 5. The van der Waals surface area contributed by atoms with E-state index in [9.17, 15) is 23.1 Å². The van der Waals surface area contributed by atoms with Gasteiger partial charge in [0.2, 0.25) is 5.82 Å². The maximum absolute atomic E-state index is 13.8. The molecule has 1 aromatic heterocycles. The molecule has 4 rings (SSSR count). The molecule has 0 fully saturated rings. The van der Waals surface area contributed by atoms with Gasteiger partial charge in [-0.3, -0.25) is 9.36 Å². The molecular formula is C22H20F3N3O4. The summed E-state index contributed by atoms with van der Waals surface area (Å²) in [6.45, 7) is 3.62. The number of methoxy groups -OCH3 is 1. The van der Waals surface area contributed by atoms with Crippen molar-refractivity contribution in [1.82, 2.24) is 14.8 Å². The lowest BCUT2D eigenvalue weighted by molar-refractivity contribution is -0.146. The van der Waals surface area contributed by atoms with E-state index in [1.165, 1.54) is 7.11 Å². The van der Waals surface area contributed by atoms with E-state index in [0.717, 1.165) is 15.7 Å². The Morgan fingerprint density at radius 3 is 2.59 bits per heavy atom. The van der Waals surface area contributed by atoms with Gasteiger partial charge in [0.05, 0.1) is 19.2 Å². The minimum Gasteiger partial charge on any atom is -0.496 e. The van der Waals surface area contributed by atoms with Crippen LogP contribution in [0.3, 0.4) is 0 Å². The Balaban J connectivity index is 2.03. The third-order valence-corrected chi connectivity index (χ3v) is 5.42. The van der Waals surface area contributed by atoms with Crippen LogP contribution < -0.4 is 4.74 Å². The summed E-state index contributed by atoms with van der Waals surface area (Å²) in [5.41, 5.74) is 2.82. The first-order valence-corrected chi connectivity index (χ1v) is 9.76. The van der Waals surface area contributed by atoms with Gasteiger partial charge in [0, 0.05) is 5.56 Å². The van der Waals surface area contributed by atoms with Crippen molar-refractivity contribution in [3.05, 3.63) is 70.3 Å². The van der Waals surface area contributed by atoms with Gasteiger partial charge in [0.1, 0.15) is 18.0 Å². The van der Waals surface area contributed by atoms with Crippen molar-refractivity contribution in [1.29, 1.82) is 0 Å². The molecule has 168 valence electrons. The summed E-state index contributed by atoms with van der Waals surface area (Å²) >= 11 is 0. The van der Waals surface area contributed by atoms with Gasteiger partial charge < -0.3 is 14.6 Å². The number of aromatic nitrogens is 3. The number of carboxylic acid groups (broad SMARTS) is 1. The van der Waals surface area contributed by atoms with Gasteiger partial charge in [-0.1, -0.05) is 29.8 Å². The molecule has 32 heavy (non-hydrogen) atoms. The SMILES string of the molecule is COc1cccc([C@@H]2O[C@@H](CC(=O)O)c3nnc(C(F)(F)F)n3-c3ccc(C)cc32)c1C. The largest absolute Gasteiger partial charge is 0.496 e. The number of carboxylic acids is 1. The summed E-state index contributed by atoms with van der Waals surface area (Å²) in [5, 5.41) is 16.5. The van der Waals surface area contributed by atoms with Crippen LogP contribution in [0, 0.1) is 13.8 Å². The van der Waals surface area contributed by atoms with E-state index in [-0.39, 0.29) is 11.5 Å². The van der Waals surface area contributed by atoms with Crippen LogP contribution in [-0.2, 0) is 15.7 Å². The molecule has 2 atom stereocenters. The summed E-state index contributed by atoms with van der Waals surface area (Å²) in [4.78, 5) is 11.6. The molecule has 3 aromatic rings. The van der Waals surface area contributed by atoms with Crippen LogP contribution in [0.15, 0.2) is 36.4 Å². The van der Waals surface area contributed by atoms with Crippen molar-refractivity contribution in [3.8, 4) is 11.4 Å². The molecule has 0 saturated carbocycles. The molecule has 0 unspecified atom stereocenters. The summed E-state index contributed by atoms with van der Waals surface area (Å²) in [7, 11) is 1.52. The third kappa shape index (κ3) is 3.70. The van der Waals surface area contributed by atoms with Gasteiger partial charge in [-0.2, -0.15) is 13.2 Å². The van der Waals surface area contributed by atoms with Gasteiger partial charge in [-0.25, -0.2) is 0 Å². The van der Waals surface area contributed by atoms with Crippen molar-refractivity contribution in [2.75, 3.05) is 7.11 Å². The second-order valence-electron chi connectivity index (χ2n) is 7.55. The normalized spacial score (nSPS) is 17.9. The Labute approximate surface area is 181 Å². The van der Waals surface area contributed by atoms with E-state index in [1.807, 2.05) is 13.8 Å². The summed E-state index contributed by atoms with van der Waals surface area (Å²) < 4.78 is 53.8. The van der Waals surface area contributed by atoms with Crippen molar-refractivity contribution >= 4 is 5.97 Å². The van der Waals surface area contributed by atoms with E-state index in [1.54, 1.807) is 36.4 Å². The molecule has 0 spiro atoms. The summed E-state index contributed by atoms with van der Waals surface area (Å²) in [6, 6.07) is 10.2. The van der Waals surface area contributed by atoms with E-state index in [4.69, 9.17) is 9.47 Å². The van der Waals surface area contributed by atoms with Gasteiger partial charge >= 0.3 is 12.1 Å². The van der Waals surface area contributed by atoms with Crippen LogP contribution in [0.5, 0.6) is 5.75 Å². The molecule has 2 heterocycles. The Kier molecular flexibility index (Phi) is 5.41. The molecule has 10 heteroatoms. The highest BCUT2D eigenvalue weighted by atomic mass is 19.4. The number of rotatable bonds is 4. The molecule has 1 aliphatic rings. The van der Waals surface area contributed by atoms with Crippen molar-refractivity contribution in [2.45, 2.75) is 38.7 Å². The standard InChI is InChI=1S/C22H20F3N3O4/c1-11-7-8-15-14(9-11)19(13-5-4-6-16(31-3)12(13)2)32-17(10-18(29)30)20-26-27-21(28(15)20)22(23,24)25/h4-9,17,19H,10H2,1-3H3,(H,29,30)/t17-,19-/m0/s1. The number of nitrogens with zero attached hydrogens (tertiary/aromatic N) is 3. The molecule has 0 bridgehead atoms. The zero-order chi connectivity index (χ0) is 23.2. The van der Waals surface area contributed by atoms with E-state index >= 15 is 0 Å². The van der Waals surface area contributed by atoms with E-state index in [0.29, 0.717) is 16.9 Å². The zero-order valence-corrected chi connectivity index (χ0v) is 17.5. The van der Waals surface area contributed by atoms with E-state index < -0.39 is 36.6 Å². The number of halogens is 3. The number of ether oxygens (including phenoxy) is 2. The molecular weight excluding hydrogens is 427 g/mol. The Bertz CT molecular complexity index is 1190. The fraction of sp³-hybridized carbons (Fsp3) is 0.318. The van der Waals surface area contributed by atoms with Crippen LogP contribution in [0.25, 0.3) is 5.69 Å². The lowest BCUT2D eigenvalue weighted by atomic mass is 9.94. The van der Waals surface area contributed by atoms with Crippen LogP contribution in [0.2, 0.25) is 0 Å². The predicted molar refractivity (Wildman–Crippen MR) is 107 cm³/mol. The maximum Gasteiger partial charge on any atom is 0.452 e. The number of aliphatic carboxylic acids is 1. The molecule has 2 aromatic carbocycles. The molecule has 7 nitrogen and oxygen atoms in total. The maximum atomic E-state index is 13.8. The highest BCUT2D eigenvalue weighted by Crippen LogP contribution is 2.44. The third-order valence-electron chi connectivity index (χ3n) is 5.42. The van der Waals surface area contributed by atoms with E-state index in [2.05, 4.69) is 10.2 Å². The average Bonchev–Trinajstić information content (AvgIpc) is 3.12. The monoisotopic (exact) mass is 447 g/mol. The number of fused-ring (bicyclic) bond motifs is 3. The van der Waals surface area contributed by atoms with Crippen molar-refractivity contribution in [3.63, 3.8) is 0 Å². The Morgan fingerprint density at radius 2 is 1.94 bits per heavy atom. The lowest BCUT2D eigenvalue weighted by Gasteiger charge is -2.24. The van der Waals surface area contributed by atoms with Crippen LogP contribution >= 0.6 is 0 Å². The zero-order valence-electron chi connectivity index (χ0n) is 17.5. The quantitative estimate of drug-likeness (QED) is 0.632. The van der Waals surface area contributed by atoms with Crippen LogP contribution in [0.1, 0.15) is 52.5 Å². The lowest BCUT2D eigenvalue weighted by Crippen LogP contribution is -2.17. The number of carbonyl (C=O) groups is 1. The number of hydrogen-bond donors (Lipinski definition) is 1. The smallest absolute Gasteiger partial charge is 0.452 e.